The van der Waals surface area contributed by atoms with Crippen molar-refractivity contribution in [2.24, 2.45) is 5.84 Å². The van der Waals surface area contributed by atoms with Crippen LogP contribution in [0.15, 0.2) is 12.1 Å². The molecule has 0 spiro atoms. The van der Waals surface area contributed by atoms with Gasteiger partial charge in [-0.25, -0.2) is 10.8 Å². The van der Waals surface area contributed by atoms with Gasteiger partial charge in [-0.05, 0) is 19.1 Å². The van der Waals surface area contributed by atoms with Gasteiger partial charge in [0.05, 0.1) is 5.02 Å². The van der Waals surface area contributed by atoms with E-state index in [2.05, 4.69) is 10.4 Å². The van der Waals surface area contributed by atoms with Crippen LogP contribution in [0.5, 0.6) is 0 Å². The monoisotopic (exact) mass is 296 g/mol. The predicted molar refractivity (Wildman–Crippen MR) is 64.7 cm³/mol. The van der Waals surface area contributed by atoms with Crippen LogP contribution in [0, 0.1) is 0 Å². The lowest BCUT2D eigenvalue weighted by Gasteiger charge is -2.22. The summed E-state index contributed by atoms with van der Waals surface area (Å²) in [4.78, 5) is 16.3. The van der Waals surface area contributed by atoms with Gasteiger partial charge in [0.2, 0.25) is 0 Å². The maximum absolute atomic E-state index is 12.3. The smallest absolute Gasteiger partial charge is 0.328 e. The summed E-state index contributed by atoms with van der Waals surface area (Å²) in [6.07, 6.45) is -4.48. The fourth-order valence-corrected chi connectivity index (χ4v) is 1.55. The molecule has 5 nitrogen and oxygen atoms in total. The van der Waals surface area contributed by atoms with E-state index in [1.54, 1.807) is 0 Å². The number of nitrogens with two attached hydrogens (primary N) is 1. The van der Waals surface area contributed by atoms with E-state index in [-0.39, 0.29) is 23.1 Å². The molecule has 0 aliphatic carbocycles. The van der Waals surface area contributed by atoms with E-state index >= 15 is 0 Å². The van der Waals surface area contributed by atoms with Gasteiger partial charge in [0.25, 0.3) is 5.91 Å². The summed E-state index contributed by atoms with van der Waals surface area (Å²) >= 11 is 5.76. The van der Waals surface area contributed by atoms with Crippen molar-refractivity contribution in [3.05, 3.63) is 22.8 Å². The normalized spacial score (nSPS) is 11.3. The van der Waals surface area contributed by atoms with Crippen molar-refractivity contribution in [3.8, 4) is 0 Å². The molecule has 19 heavy (non-hydrogen) atoms. The standard InChI is InChI=1S/C10H12ClF3N4O/c1-2-18(5-10(12,13)14)9(19)8-6(11)3-4-7(16-8)17-15/h3-4H,2,5,15H2,1H3,(H,16,17). The van der Waals surface area contributed by atoms with Gasteiger partial charge in [-0.3, -0.25) is 4.79 Å². The molecule has 0 aliphatic heterocycles. The first-order chi connectivity index (χ1) is 8.78. The molecule has 1 rings (SSSR count). The zero-order valence-electron chi connectivity index (χ0n) is 9.96. The molecule has 0 atom stereocenters. The molecule has 106 valence electrons. The van der Waals surface area contributed by atoms with Crippen molar-refractivity contribution in [1.29, 1.82) is 0 Å². The Kier molecular flexibility index (Phi) is 4.96. The lowest BCUT2D eigenvalue weighted by atomic mass is 10.3. The Morgan fingerprint density at radius 3 is 2.63 bits per heavy atom. The summed E-state index contributed by atoms with van der Waals surface area (Å²) in [5, 5.41) is -0.0374. The lowest BCUT2D eigenvalue weighted by molar-refractivity contribution is -0.140. The number of hydrogen-bond acceptors (Lipinski definition) is 4. The van der Waals surface area contributed by atoms with Gasteiger partial charge < -0.3 is 10.3 Å². The van der Waals surface area contributed by atoms with Gasteiger partial charge in [-0.2, -0.15) is 13.2 Å². The fourth-order valence-electron chi connectivity index (χ4n) is 1.37. The third kappa shape index (κ3) is 4.25. The molecular formula is C10H12ClF3N4O. The van der Waals surface area contributed by atoms with Crippen LogP contribution >= 0.6 is 11.6 Å². The minimum absolute atomic E-state index is 0.0374. The minimum atomic E-state index is -4.48. The summed E-state index contributed by atoms with van der Waals surface area (Å²) in [5.41, 5.74) is 1.92. The quantitative estimate of drug-likeness (QED) is 0.659. The molecule has 0 aromatic carbocycles. The Labute approximate surface area is 112 Å². The van der Waals surface area contributed by atoms with Crippen LogP contribution in [0.3, 0.4) is 0 Å². The van der Waals surface area contributed by atoms with Gasteiger partial charge >= 0.3 is 6.18 Å². The van der Waals surface area contributed by atoms with Crippen LogP contribution in [0.2, 0.25) is 5.02 Å². The van der Waals surface area contributed by atoms with Crippen molar-refractivity contribution >= 4 is 23.3 Å². The first-order valence-electron chi connectivity index (χ1n) is 5.27. The summed E-state index contributed by atoms with van der Waals surface area (Å²) in [7, 11) is 0. The number of aromatic nitrogens is 1. The molecule has 1 heterocycles. The highest BCUT2D eigenvalue weighted by atomic mass is 35.5. The second kappa shape index (κ2) is 6.07. The predicted octanol–water partition coefficient (Wildman–Crippen LogP) is 2.04. The van der Waals surface area contributed by atoms with E-state index < -0.39 is 18.6 Å². The van der Waals surface area contributed by atoms with Gasteiger partial charge in [-0.1, -0.05) is 11.6 Å². The average molecular weight is 297 g/mol. The number of nitrogens with one attached hydrogen (secondary N) is 1. The SMILES string of the molecule is CCN(CC(F)(F)F)C(=O)c1nc(NN)ccc1Cl. The molecule has 3 N–H and O–H groups in total. The summed E-state index contributed by atoms with van der Waals surface area (Å²) < 4.78 is 37.0. The number of carbonyl (C=O) groups excluding carboxylic acids is 1. The van der Waals surface area contributed by atoms with Crippen molar-refractivity contribution in [1.82, 2.24) is 9.88 Å². The second-order valence-corrected chi connectivity index (χ2v) is 4.01. The van der Waals surface area contributed by atoms with Gasteiger partial charge in [-0.15, -0.1) is 0 Å². The second-order valence-electron chi connectivity index (χ2n) is 3.61. The largest absolute Gasteiger partial charge is 0.406 e. The third-order valence-corrected chi connectivity index (χ3v) is 2.54. The number of carbonyl (C=O) groups is 1. The molecular weight excluding hydrogens is 285 g/mol. The van der Waals surface area contributed by atoms with Crippen LogP contribution in [0.25, 0.3) is 0 Å². The number of amides is 1. The third-order valence-electron chi connectivity index (χ3n) is 2.24. The molecule has 1 aromatic heterocycles. The number of hydrogen-bond donors (Lipinski definition) is 2. The number of alkyl halides is 3. The Morgan fingerprint density at radius 1 is 1.53 bits per heavy atom. The number of anilines is 1. The van der Waals surface area contributed by atoms with E-state index in [9.17, 15) is 18.0 Å². The molecule has 0 aliphatic rings. The van der Waals surface area contributed by atoms with E-state index in [1.807, 2.05) is 0 Å². The molecule has 9 heteroatoms. The van der Waals surface area contributed by atoms with E-state index in [4.69, 9.17) is 17.4 Å². The zero-order chi connectivity index (χ0) is 14.6. The van der Waals surface area contributed by atoms with Gasteiger partial charge in [0.15, 0.2) is 0 Å². The Morgan fingerprint density at radius 2 is 2.16 bits per heavy atom. The number of nitrogens with zero attached hydrogens (tertiary/aromatic N) is 2. The number of rotatable bonds is 4. The molecule has 0 fully saturated rings. The zero-order valence-corrected chi connectivity index (χ0v) is 10.7. The van der Waals surface area contributed by atoms with Crippen molar-refractivity contribution in [3.63, 3.8) is 0 Å². The summed E-state index contributed by atoms with van der Waals surface area (Å²) in [6.45, 7) is -0.0418. The van der Waals surface area contributed by atoms with Crippen molar-refractivity contribution < 1.29 is 18.0 Å². The van der Waals surface area contributed by atoms with Crippen molar-refractivity contribution in [2.45, 2.75) is 13.1 Å². The summed E-state index contributed by atoms with van der Waals surface area (Å²) in [6, 6.07) is 2.73. The molecule has 0 unspecified atom stereocenters. The molecule has 0 saturated carbocycles. The number of nitrogen functional groups attached to an aromatic ring is 1. The molecule has 1 aromatic rings. The Hall–Kier alpha value is -1.54. The number of pyridine rings is 1. The van der Waals surface area contributed by atoms with Crippen LogP contribution in [0.4, 0.5) is 19.0 Å². The first-order valence-corrected chi connectivity index (χ1v) is 5.65. The average Bonchev–Trinajstić information content (AvgIpc) is 2.34. The molecule has 1 amide bonds. The Balaban J connectivity index is 3.03. The van der Waals surface area contributed by atoms with Crippen LogP contribution in [-0.4, -0.2) is 35.1 Å². The first kappa shape index (κ1) is 15.5. The van der Waals surface area contributed by atoms with Crippen LogP contribution in [0.1, 0.15) is 17.4 Å². The maximum atomic E-state index is 12.3. The highest BCUT2D eigenvalue weighted by Crippen LogP contribution is 2.21. The topological polar surface area (TPSA) is 71.2 Å². The Bertz CT molecular complexity index is 467. The highest BCUT2D eigenvalue weighted by Gasteiger charge is 2.33. The van der Waals surface area contributed by atoms with E-state index in [1.165, 1.54) is 19.1 Å². The molecule has 0 bridgehead atoms. The summed E-state index contributed by atoms with van der Waals surface area (Å²) in [5.74, 6) is 4.35. The lowest BCUT2D eigenvalue weighted by Crippen LogP contribution is -2.39. The molecule has 0 saturated heterocycles. The maximum Gasteiger partial charge on any atom is 0.406 e. The van der Waals surface area contributed by atoms with E-state index in [0.29, 0.717) is 4.90 Å². The highest BCUT2D eigenvalue weighted by molar-refractivity contribution is 6.33. The number of hydrazine groups is 1. The fraction of sp³-hybridized carbons (Fsp3) is 0.400. The van der Waals surface area contributed by atoms with Crippen molar-refractivity contribution in [2.75, 3.05) is 18.5 Å². The van der Waals surface area contributed by atoms with Crippen LogP contribution in [-0.2, 0) is 0 Å². The van der Waals surface area contributed by atoms with Crippen LogP contribution < -0.4 is 11.3 Å². The minimum Gasteiger partial charge on any atom is -0.328 e. The molecule has 0 radical (unpaired) electrons. The van der Waals surface area contributed by atoms with E-state index in [0.717, 1.165) is 0 Å². The van der Waals surface area contributed by atoms with Gasteiger partial charge in [0, 0.05) is 6.54 Å². The van der Waals surface area contributed by atoms with Gasteiger partial charge in [0.1, 0.15) is 18.1 Å². The number of halogens is 4.